The smallest absolute Gasteiger partial charge is 0.339 e. The number of carbonyl (C=O) groups excluding carboxylic acids is 1. The molecule has 0 aliphatic heterocycles. The van der Waals surface area contributed by atoms with Gasteiger partial charge < -0.3 is 10.1 Å². The van der Waals surface area contributed by atoms with Crippen molar-refractivity contribution in [1.29, 1.82) is 0 Å². The average molecular weight is 278 g/mol. The molecule has 0 radical (unpaired) electrons. The summed E-state index contributed by atoms with van der Waals surface area (Å²) >= 11 is 6.00. The topological polar surface area (TPSA) is 38.3 Å². The number of esters is 1. The molecule has 1 aromatic rings. The molecule has 19 heavy (non-hydrogen) atoms. The van der Waals surface area contributed by atoms with Gasteiger partial charge in [-0.15, -0.1) is 0 Å². The third kappa shape index (κ3) is 2.23. The lowest BCUT2D eigenvalue weighted by atomic mass is 9.71. The molecule has 1 fully saturated rings. The molecule has 2 aliphatic carbocycles. The Bertz CT molecular complexity index is 541. The SMILES string of the molecule is COC(=O)c1cc(NC2CC3CC=CC32)ccc1Cl. The lowest BCUT2D eigenvalue weighted by Gasteiger charge is -2.41. The van der Waals surface area contributed by atoms with Crippen LogP contribution in [0.3, 0.4) is 0 Å². The van der Waals surface area contributed by atoms with Crippen LogP contribution < -0.4 is 5.32 Å². The van der Waals surface area contributed by atoms with Crippen LogP contribution in [0.4, 0.5) is 5.69 Å². The maximum Gasteiger partial charge on any atom is 0.339 e. The number of hydrogen-bond acceptors (Lipinski definition) is 3. The van der Waals surface area contributed by atoms with Gasteiger partial charge in [0.05, 0.1) is 17.7 Å². The summed E-state index contributed by atoms with van der Waals surface area (Å²) in [6, 6.07) is 5.87. The van der Waals surface area contributed by atoms with Crippen molar-refractivity contribution in [2.24, 2.45) is 11.8 Å². The van der Waals surface area contributed by atoms with Crippen LogP contribution in [0, 0.1) is 11.8 Å². The van der Waals surface area contributed by atoms with E-state index in [1.165, 1.54) is 20.0 Å². The van der Waals surface area contributed by atoms with Gasteiger partial charge in [-0.05, 0) is 37.0 Å². The van der Waals surface area contributed by atoms with Gasteiger partial charge in [0, 0.05) is 17.6 Å². The number of fused-ring (bicyclic) bond motifs is 1. The normalized spacial score (nSPS) is 27.6. The van der Waals surface area contributed by atoms with Crippen LogP contribution in [0.1, 0.15) is 23.2 Å². The van der Waals surface area contributed by atoms with E-state index in [2.05, 4.69) is 17.5 Å². The standard InChI is InChI=1S/C15H16ClNO2/c1-19-15(18)12-8-10(5-6-13(12)16)17-14-7-9-3-2-4-11(9)14/h2,4-6,8-9,11,14,17H,3,7H2,1H3. The zero-order valence-electron chi connectivity index (χ0n) is 10.7. The predicted octanol–water partition coefficient (Wildman–Crippen LogP) is 3.50. The highest BCUT2D eigenvalue weighted by molar-refractivity contribution is 6.33. The number of carbonyl (C=O) groups is 1. The Morgan fingerprint density at radius 1 is 1.47 bits per heavy atom. The fourth-order valence-corrected chi connectivity index (χ4v) is 3.17. The van der Waals surface area contributed by atoms with Crippen molar-refractivity contribution in [2.75, 3.05) is 12.4 Å². The number of nitrogens with one attached hydrogen (secondary N) is 1. The van der Waals surface area contributed by atoms with Gasteiger partial charge >= 0.3 is 5.97 Å². The fourth-order valence-electron chi connectivity index (χ4n) is 2.98. The number of allylic oxidation sites excluding steroid dienone is 1. The minimum absolute atomic E-state index is 0.402. The number of halogens is 1. The van der Waals surface area contributed by atoms with Gasteiger partial charge in [0.15, 0.2) is 0 Å². The zero-order valence-corrected chi connectivity index (χ0v) is 11.5. The highest BCUT2D eigenvalue weighted by Crippen LogP contribution is 2.44. The van der Waals surface area contributed by atoms with Crippen molar-refractivity contribution >= 4 is 23.3 Å². The summed E-state index contributed by atoms with van der Waals surface area (Å²) in [6.07, 6.45) is 6.95. The highest BCUT2D eigenvalue weighted by Gasteiger charge is 2.40. The number of hydrogen-bond donors (Lipinski definition) is 1. The van der Waals surface area contributed by atoms with Crippen LogP contribution in [0.5, 0.6) is 0 Å². The van der Waals surface area contributed by atoms with Crippen molar-refractivity contribution in [3.05, 3.63) is 40.9 Å². The maximum atomic E-state index is 11.6. The van der Waals surface area contributed by atoms with Gasteiger partial charge in [0.2, 0.25) is 0 Å². The Balaban J connectivity index is 1.75. The minimum Gasteiger partial charge on any atom is -0.465 e. The molecule has 3 atom stereocenters. The first-order chi connectivity index (χ1) is 9.19. The van der Waals surface area contributed by atoms with Gasteiger partial charge in [0.1, 0.15) is 0 Å². The van der Waals surface area contributed by atoms with Gasteiger partial charge in [0.25, 0.3) is 0 Å². The van der Waals surface area contributed by atoms with Gasteiger partial charge in [-0.2, -0.15) is 0 Å². The molecule has 1 aromatic carbocycles. The molecule has 0 aromatic heterocycles. The number of rotatable bonds is 3. The number of anilines is 1. The summed E-state index contributed by atoms with van der Waals surface area (Å²) in [5.74, 6) is 1.04. The zero-order chi connectivity index (χ0) is 13.4. The highest BCUT2D eigenvalue weighted by atomic mass is 35.5. The molecular weight excluding hydrogens is 262 g/mol. The van der Waals surface area contributed by atoms with Gasteiger partial charge in [-0.25, -0.2) is 4.79 Å². The number of ether oxygens (including phenoxy) is 1. The largest absolute Gasteiger partial charge is 0.465 e. The monoisotopic (exact) mass is 277 g/mol. The van der Waals surface area contributed by atoms with E-state index in [0.717, 1.165) is 11.6 Å². The molecular formula is C15H16ClNO2. The van der Waals surface area contributed by atoms with E-state index in [9.17, 15) is 4.79 Å². The number of methoxy groups -OCH3 is 1. The Kier molecular flexibility index (Phi) is 3.23. The first kappa shape index (κ1) is 12.5. The third-order valence-electron chi connectivity index (χ3n) is 4.09. The lowest BCUT2D eigenvalue weighted by molar-refractivity contribution is 0.0601. The molecule has 0 amide bonds. The molecule has 2 aliphatic rings. The second-order valence-electron chi connectivity index (χ2n) is 5.17. The summed E-state index contributed by atoms with van der Waals surface area (Å²) in [4.78, 5) is 11.6. The van der Waals surface area contributed by atoms with E-state index in [-0.39, 0.29) is 0 Å². The van der Waals surface area contributed by atoms with Crippen molar-refractivity contribution < 1.29 is 9.53 Å². The van der Waals surface area contributed by atoms with E-state index in [0.29, 0.717) is 22.5 Å². The minimum atomic E-state index is -0.402. The molecule has 0 heterocycles. The van der Waals surface area contributed by atoms with Crippen molar-refractivity contribution in [1.82, 2.24) is 0 Å². The molecule has 4 heteroatoms. The first-order valence-electron chi connectivity index (χ1n) is 6.50. The first-order valence-corrected chi connectivity index (χ1v) is 6.88. The van der Waals surface area contributed by atoms with E-state index >= 15 is 0 Å². The fraction of sp³-hybridized carbons (Fsp3) is 0.400. The van der Waals surface area contributed by atoms with Crippen molar-refractivity contribution in [2.45, 2.75) is 18.9 Å². The average Bonchev–Trinajstić information content (AvgIpc) is 2.78. The summed E-state index contributed by atoms with van der Waals surface area (Å²) < 4.78 is 4.72. The van der Waals surface area contributed by atoms with Crippen LogP contribution in [-0.4, -0.2) is 19.1 Å². The number of benzene rings is 1. The van der Waals surface area contributed by atoms with Crippen LogP contribution in [0.2, 0.25) is 5.02 Å². The Hall–Kier alpha value is -1.48. The maximum absolute atomic E-state index is 11.6. The van der Waals surface area contributed by atoms with E-state index < -0.39 is 5.97 Å². The quantitative estimate of drug-likeness (QED) is 0.679. The molecule has 1 N–H and O–H groups in total. The predicted molar refractivity (Wildman–Crippen MR) is 75.6 cm³/mol. The van der Waals surface area contributed by atoms with Gasteiger partial charge in [-0.1, -0.05) is 23.8 Å². The lowest BCUT2D eigenvalue weighted by Crippen LogP contribution is -2.43. The van der Waals surface area contributed by atoms with Crippen LogP contribution in [0.15, 0.2) is 30.4 Å². The molecule has 3 nitrogen and oxygen atoms in total. The van der Waals surface area contributed by atoms with E-state index in [4.69, 9.17) is 16.3 Å². The van der Waals surface area contributed by atoms with Gasteiger partial charge in [-0.3, -0.25) is 0 Å². The molecule has 0 bridgehead atoms. The van der Waals surface area contributed by atoms with Crippen LogP contribution in [-0.2, 0) is 4.74 Å². The van der Waals surface area contributed by atoms with E-state index in [1.807, 2.05) is 6.07 Å². The van der Waals surface area contributed by atoms with E-state index in [1.54, 1.807) is 12.1 Å². The summed E-state index contributed by atoms with van der Waals surface area (Å²) in [7, 11) is 1.36. The molecule has 3 rings (SSSR count). The Morgan fingerprint density at radius 3 is 3.05 bits per heavy atom. The second kappa shape index (κ2) is 4.89. The second-order valence-corrected chi connectivity index (χ2v) is 5.58. The van der Waals surface area contributed by atoms with Crippen LogP contribution in [0.25, 0.3) is 0 Å². The molecule has 3 unspecified atom stereocenters. The molecule has 0 saturated heterocycles. The molecule has 0 spiro atoms. The van der Waals surface area contributed by atoms with Crippen molar-refractivity contribution in [3.8, 4) is 0 Å². The molecule has 1 saturated carbocycles. The van der Waals surface area contributed by atoms with Crippen molar-refractivity contribution in [3.63, 3.8) is 0 Å². The Morgan fingerprint density at radius 2 is 2.32 bits per heavy atom. The third-order valence-corrected chi connectivity index (χ3v) is 4.42. The summed E-state index contributed by atoms with van der Waals surface area (Å²) in [6.45, 7) is 0. The molecule has 100 valence electrons. The summed E-state index contributed by atoms with van der Waals surface area (Å²) in [5.41, 5.74) is 1.33. The Labute approximate surface area is 117 Å². The summed E-state index contributed by atoms with van der Waals surface area (Å²) in [5, 5.41) is 3.90. The van der Waals surface area contributed by atoms with Crippen LogP contribution >= 0.6 is 11.6 Å².